The first-order valence-corrected chi connectivity index (χ1v) is 26.4. The highest BCUT2D eigenvalue weighted by Gasteiger charge is 2.41. The van der Waals surface area contributed by atoms with Gasteiger partial charge in [0.15, 0.2) is 25.5 Å². The lowest BCUT2D eigenvalue weighted by atomic mass is 9.85. The quantitative estimate of drug-likeness (QED) is 0.107. The molecular formula is C65H56N4Si. The molecule has 0 aliphatic carbocycles. The molecule has 0 amide bonds. The first-order chi connectivity index (χ1) is 34.0. The predicted octanol–water partition coefficient (Wildman–Crippen LogP) is 13.6. The molecule has 0 fully saturated rings. The Kier molecular flexibility index (Phi) is 11.3. The Morgan fingerprint density at radius 1 is 0.329 bits per heavy atom. The molecule has 0 bridgehead atoms. The number of nitrogens with zero attached hydrogens (tertiary/aromatic N) is 4. The van der Waals surface area contributed by atoms with E-state index in [-0.39, 0.29) is 10.8 Å². The van der Waals surface area contributed by atoms with Crippen molar-refractivity contribution < 1.29 is 0 Å². The summed E-state index contributed by atoms with van der Waals surface area (Å²) in [7, 11) is -2.86. The van der Waals surface area contributed by atoms with Crippen LogP contribution in [0, 0.1) is 0 Å². The van der Waals surface area contributed by atoms with Crippen molar-refractivity contribution in [1.82, 2.24) is 19.5 Å². The second-order valence-electron chi connectivity index (χ2n) is 20.5. The van der Waals surface area contributed by atoms with Crippen molar-refractivity contribution in [2.75, 3.05) is 0 Å². The van der Waals surface area contributed by atoms with E-state index in [0.29, 0.717) is 17.5 Å². The Morgan fingerprint density at radius 2 is 0.714 bits per heavy atom. The van der Waals surface area contributed by atoms with Gasteiger partial charge in [0, 0.05) is 33.0 Å². The van der Waals surface area contributed by atoms with Crippen molar-refractivity contribution in [3.8, 4) is 51.0 Å². The lowest BCUT2D eigenvalue weighted by Crippen LogP contribution is -2.74. The average molecular weight is 921 g/mol. The molecule has 11 rings (SSSR count). The van der Waals surface area contributed by atoms with E-state index in [1.54, 1.807) is 0 Å². The van der Waals surface area contributed by atoms with Crippen LogP contribution in [0.15, 0.2) is 231 Å². The Bertz CT molecular complexity index is 3420. The summed E-state index contributed by atoms with van der Waals surface area (Å²) >= 11 is 0. The minimum absolute atomic E-state index is 0.0337. The molecular weight excluding hydrogens is 865 g/mol. The van der Waals surface area contributed by atoms with Gasteiger partial charge in [0.05, 0.1) is 16.7 Å². The van der Waals surface area contributed by atoms with E-state index in [1.807, 2.05) is 36.4 Å². The number of rotatable bonds is 9. The molecule has 11 aromatic rings. The van der Waals surface area contributed by atoms with Crippen molar-refractivity contribution in [2.45, 2.75) is 52.4 Å². The van der Waals surface area contributed by atoms with E-state index < -0.39 is 8.07 Å². The van der Waals surface area contributed by atoms with Crippen LogP contribution in [0.4, 0.5) is 0 Å². The second-order valence-corrected chi connectivity index (χ2v) is 24.3. The molecule has 0 aliphatic heterocycles. The van der Waals surface area contributed by atoms with Gasteiger partial charge in [0.25, 0.3) is 0 Å². The van der Waals surface area contributed by atoms with Crippen LogP contribution in [0.25, 0.3) is 72.8 Å². The summed E-state index contributed by atoms with van der Waals surface area (Å²) < 4.78 is 2.49. The smallest absolute Gasteiger partial charge is 0.179 e. The van der Waals surface area contributed by atoms with E-state index in [1.165, 1.54) is 42.6 Å². The van der Waals surface area contributed by atoms with E-state index >= 15 is 0 Å². The van der Waals surface area contributed by atoms with Crippen LogP contribution in [0.2, 0.25) is 0 Å². The summed E-state index contributed by atoms with van der Waals surface area (Å²) in [5.74, 6) is 1.88. The van der Waals surface area contributed by atoms with Gasteiger partial charge < -0.3 is 4.57 Å². The molecule has 340 valence electrons. The Hall–Kier alpha value is -7.99. The van der Waals surface area contributed by atoms with Crippen molar-refractivity contribution in [3.63, 3.8) is 0 Å². The van der Waals surface area contributed by atoms with Crippen LogP contribution in [-0.4, -0.2) is 27.6 Å². The van der Waals surface area contributed by atoms with Crippen molar-refractivity contribution in [3.05, 3.63) is 242 Å². The molecule has 2 heterocycles. The summed E-state index contributed by atoms with van der Waals surface area (Å²) in [4.78, 5) is 15.6. The van der Waals surface area contributed by atoms with Gasteiger partial charge in [0.1, 0.15) is 0 Å². The van der Waals surface area contributed by atoms with Crippen molar-refractivity contribution in [2.24, 2.45) is 0 Å². The number of aromatic nitrogens is 4. The molecule has 9 aromatic carbocycles. The topological polar surface area (TPSA) is 43.6 Å². The summed E-state index contributed by atoms with van der Waals surface area (Å²) in [6, 6.07) is 84.3. The maximum absolute atomic E-state index is 5.25. The summed E-state index contributed by atoms with van der Waals surface area (Å²) in [5, 5.41) is 7.80. The third kappa shape index (κ3) is 8.06. The van der Waals surface area contributed by atoms with Crippen LogP contribution in [0.1, 0.15) is 52.7 Å². The summed E-state index contributed by atoms with van der Waals surface area (Å²) in [6.07, 6.45) is 0. The van der Waals surface area contributed by atoms with Crippen LogP contribution in [0.5, 0.6) is 0 Å². The zero-order valence-corrected chi connectivity index (χ0v) is 41.7. The first-order valence-electron chi connectivity index (χ1n) is 24.4. The fourth-order valence-electron chi connectivity index (χ4n) is 10.2. The molecule has 0 spiro atoms. The molecule has 0 saturated heterocycles. The van der Waals surface area contributed by atoms with E-state index in [2.05, 4.69) is 240 Å². The molecule has 5 heteroatoms. The zero-order valence-electron chi connectivity index (χ0n) is 40.7. The number of benzene rings is 9. The Labute approximate surface area is 413 Å². The molecule has 70 heavy (non-hydrogen) atoms. The molecule has 0 unspecified atom stereocenters. The largest absolute Gasteiger partial charge is 0.309 e. The molecule has 0 radical (unpaired) electrons. The summed E-state index contributed by atoms with van der Waals surface area (Å²) in [6.45, 7) is 13.8. The first kappa shape index (κ1) is 44.5. The van der Waals surface area contributed by atoms with Gasteiger partial charge in [-0.1, -0.05) is 242 Å². The van der Waals surface area contributed by atoms with Gasteiger partial charge in [-0.05, 0) is 78.6 Å². The number of fused-ring (bicyclic) bond motifs is 3. The standard InChI is InChI=1S/C65H56N4Si/c1-64(2,3)49-36-39-58-56(43-49)57-44-50(65(4,5)6)37-40-59(57)69(58)60-42-48(63-67-61(45-23-12-7-13-24-45)66-62(68-63)46-25-14-8-15-26-46)35-38-55(60)47-27-22-34-54(41-47)70(51-28-16-9-17-29-51,52-30-18-10-19-31-52)53-32-20-11-21-33-53/h7-44H,1-6H3. The second kappa shape index (κ2) is 17.8. The number of hydrogen-bond acceptors (Lipinski definition) is 3. The van der Waals surface area contributed by atoms with Gasteiger partial charge in [-0.15, -0.1) is 0 Å². The van der Waals surface area contributed by atoms with Crippen LogP contribution >= 0.6 is 0 Å². The molecule has 2 aromatic heterocycles. The normalized spacial score (nSPS) is 12.1. The van der Waals surface area contributed by atoms with E-state index in [0.717, 1.165) is 44.5 Å². The highest BCUT2D eigenvalue weighted by molar-refractivity contribution is 7.19. The third-order valence-electron chi connectivity index (χ3n) is 13.9. The van der Waals surface area contributed by atoms with Crippen LogP contribution in [0.3, 0.4) is 0 Å². The lowest BCUT2D eigenvalue weighted by Gasteiger charge is -2.34. The molecule has 4 nitrogen and oxygen atoms in total. The lowest BCUT2D eigenvalue weighted by molar-refractivity contribution is 0.590. The number of hydrogen-bond donors (Lipinski definition) is 0. The predicted molar refractivity (Wildman–Crippen MR) is 297 cm³/mol. The minimum atomic E-state index is -2.86. The minimum Gasteiger partial charge on any atom is -0.309 e. The van der Waals surface area contributed by atoms with Gasteiger partial charge >= 0.3 is 0 Å². The Balaban J connectivity index is 1.22. The molecule has 0 aliphatic rings. The SMILES string of the molecule is CC(C)(C)c1ccc2c(c1)c1cc(C(C)(C)C)ccc1n2-c1cc(-c2nc(-c3ccccc3)nc(-c3ccccc3)n2)ccc1-c1cccc([Si](c2ccccc2)(c2ccccc2)c2ccccc2)c1. The molecule has 0 atom stereocenters. The highest BCUT2D eigenvalue weighted by atomic mass is 28.3. The summed E-state index contributed by atoms with van der Waals surface area (Å²) in [5.41, 5.74) is 10.9. The Morgan fingerprint density at radius 3 is 1.14 bits per heavy atom. The van der Waals surface area contributed by atoms with Gasteiger partial charge in [-0.25, -0.2) is 15.0 Å². The third-order valence-corrected chi connectivity index (χ3v) is 18.7. The van der Waals surface area contributed by atoms with Crippen LogP contribution in [-0.2, 0) is 10.8 Å². The van der Waals surface area contributed by atoms with Crippen LogP contribution < -0.4 is 20.7 Å². The van der Waals surface area contributed by atoms with Crippen molar-refractivity contribution in [1.29, 1.82) is 0 Å². The monoisotopic (exact) mass is 920 g/mol. The average Bonchev–Trinajstić information content (AvgIpc) is 3.73. The maximum atomic E-state index is 5.25. The fraction of sp³-hybridized carbons (Fsp3) is 0.123. The van der Waals surface area contributed by atoms with E-state index in [4.69, 9.17) is 15.0 Å². The van der Waals surface area contributed by atoms with Gasteiger partial charge in [-0.2, -0.15) is 0 Å². The molecule has 0 N–H and O–H groups in total. The zero-order chi connectivity index (χ0) is 48.0. The fourth-order valence-corrected chi connectivity index (χ4v) is 15.0. The van der Waals surface area contributed by atoms with Gasteiger partial charge in [0.2, 0.25) is 0 Å². The van der Waals surface area contributed by atoms with Crippen molar-refractivity contribution >= 4 is 50.6 Å². The van der Waals surface area contributed by atoms with E-state index in [9.17, 15) is 0 Å². The molecule has 0 saturated carbocycles. The maximum Gasteiger partial charge on any atom is 0.179 e. The van der Waals surface area contributed by atoms with Gasteiger partial charge in [-0.3, -0.25) is 0 Å². The highest BCUT2D eigenvalue weighted by Crippen LogP contribution is 2.41.